The third-order valence-electron chi connectivity index (χ3n) is 1.88. The summed E-state index contributed by atoms with van der Waals surface area (Å²) < 4.78 is 15.1. The van der Waals surface area contributed by atoms with Gasteiger partial charge in [0.1, 0.15) is 11.5 Å². The first-order valence-electron chi connectivity index (χ1n) is 3.87. The Bertz CT molecular complexity index is 272. The van der Waals surface area contributed by atoms with Crippen molar-refractivity contribution in [3.63, 3.8) is 0 Å². The van der Waals surface area contributed by atoms with Crippen molar-refractivity contribution >= 4 is 0 Å². The molecule has 0 saturated carbocycles. The third-order valence-corrected chi connectivity index (χ3v) is 1.88. The number of rotatable bonds is 2. The molecule has 3 nitrogen and oxygen atoms in total. The van der Waals surface area contributed by atoms with Gasteiger partial charge in [-0.15, -0.1) is 0 Å². The molecule has 68 valence electrons. The molecule has 0 fully saturated rings. The molecule has 0 atom stereocenters. The van der Waals surface area contributed by atoms with Crippen LogP contribution in [0.3, 0.4) is 0 Å². The molecule has 1 rings (SSSR count). The number of nitrogens with zero attached hydrogens (tertiary/aromatic N) is 2. The van der Waals surface area contributed by atoms with Crippen LogP contribution in [0.25, 0.3) is 0 Å². The molecule has 0 aliphatic heterocycles. The second kappa shape index (κ2) is 2.86. The molecule has 1 heterocycles. The van der Waals surface area contributed by atoms with Crippen LogP contribution < -0.4 is 5.73 Å². The second-order valence-electron chi connectivity index (χ2n) is 3.30. The number of halogens is 1. The maximum absolute atomic E-state index is 13.4. The maximum atomic E-state index is 13.4. The van der Waals surface area contributed by atoms with E-state index in [0.29, 0.717) is 18.1 Å². The highest BCUT2D eigenvalue weighted by molar-refractivity contribution is 5.11. The number of alkyl halides is 1. The first kappa shape index (κ1) is 9.19. The summed E-state index contributed by atoms with van der Waals surface area (Å²) in [6.45, 7) is 3.35. The van der Waals surface area contributed by atoms with E-state index in [0.717, 1.165) is 0 Å². The topological polar surface area (TPSA) is 43.8 Å². The molecule has 1 aromatic rings. The Kier molecular flexibility index (Phi) is 2.19. The van der Waals surface area contributed by atoms with Crippen molar-refractivity contribution in [1.82, 2.24) is 9.55 Å². The standard InChI is InChI=1S/C8H14FN3/c1-8(2,9)6-5-11-7(4-10)12(6)3/h5H,4,10H2,1-3H3. The Labute approximate surface area is 71.4 Å². The molecule has 0 aliphatic carbocycles. The Morgan fingerprint density at radius 1 is 1.67 bits per heavy atom. The summed E-state index contributed by atoms with van der Waals surface area (Å²) in [6.07, 6.45) is 1.53. The number of nitrogens with two attached hydrogens (primary N) is 1. The zero-order valence-corrected chi connectivity index (χ0v) is 7.63. The zero-order valence-electron chi connectivity index (χ0n) is 7.63. The van der Waals surface area contributed by atoms with Crippen LogP contribution in [0.4, 0.5) is 4.39 Å². The summed E-state index contributed by atoms with van der Waals surface area (Å²) in [7, 11) is 1.77. The summed E-state index contributed by atoms with van der Waals surface area (Å²) in [6, 6.07) is 0. The molecule has 0 unspecified atom stereocenters. The average Bonchev–Trinajstić information content (AvgIpc) is 2.29. The van der Waals surface area contributed by atoms with Gasteiger partial charge in [0.2, 0.25) is 0 Å². The van der Waals surface area contributed by atoms with E-state index < -0.39 is 5.67 Å². The van der Waals surface area contributed by atoms with E-state index in [1.807, 2.05) is 0 Å². The van der Waals surface area contributed by atoms with E-state index in [1.54, 1.807) is 11.6 Å². The summed E-state index contributed by atoms with van der Waals surface area (Å²) >= 11 is 0. The van der Waals surface area contributed by atoms with Crippen LogP contribution in [0.2, 0.25) is 0 Å². The van der Waals surface area contributed by atoms with Gasteiger partial charge in [-0.3, -0.25) is 0 Å². The van der Waals surface area contributed by atoms with Crippen molar-refractivity contribution in [2.24, 2.45) is 12.8 Å². The lowest BCUT2D eigenvalue weighted by Gasteiger charge is -2.14. The molecule has 0 saturated heterocycles. The lowest BCUT2D eigenvalue weighted by molar-refractivity contribution is 0.208. The minimum Gasteiger partial charge on any atom is -0.331 e. The van der Waals surface area contributed by atoms with Crippen LogP contribution in [0.5, 0.6) is 0 Å². The van der Waals surface area contributed by atoms with Gasteiger partial charge in [-0.1, -0.05) is 0 Å². The molecule has 1 aromatic heterocycles. The molecule has 0 bridgehead atoms. The Balaban J connectivity index is 3.11. The fourth-order valence-electron chi connectivity index (χ4n) is 1.19. The van der Waals surface area contributed by atoms with E-state index in [2.05, 4.69) is 4.98 Å². The van der Waals surface area contributed by atoms with Gasteiger partial charge in [0.15, 0.2) is 0 Å². The molecule has 0 spiro atoms. The minimum atomic E-state index is -1.35. The molecular weight excluding hydrogens is 157 g/mol. The van der Waals surface area contributed by atoms with Gasteiger partial charge >= 0.3 is 0 Å². The summed E-state index contributed by atoms with van der Waals surface area (Å²) in [4.78, 5) is 4.00. The zero-order chi connectivity index (χ0) is 9.35. The van der Waals surface area contributed by atoms with Crippen molar-refractivity contribution < 1.29 is 4.39 Å². The lowest BCUT2D eigenvalue weighted by Crippen LogP contribution is -2.16. The number of imidazole rings is 1. The van der Waals surface area contributed by atoms with Crippen LogP contribution in [0, 0.1) is 0 Å². The van der Waals surface area contributed by atoms with Crippen molar-refractivity contribution in [2.75, 3.05) is 0 Å². The van der Waals surface area contributed by atoms with Crippen LogP contribution in [-0.4, -0.2) is 9.55 Å². The van der Waals surface area contributed by atoms with Crippen LogP contribution in [-0.2, 0) is 19.3 Å². The highest BCUT2D eigenvalue weighted by Gasteiger charge is 2.23. The number of hydrogen-bond acceptors (Lipinski definition) is 2. The maximum Gasteiger partial charge on any atom is 0.146 e. The van der Waals surface area contributed by atoms with Crippen LogP contribution in [0.15, 0.2) is 6.20 Å². The highest BCUT2D eigenvalue weighted by Crippen LogP contribution is 2.24. The molecule has 0 aliphatic rings. The fraction of sp³-hybridized carbons (Fsp3) is 0.625. The smallest absolute Gasteiger partial charge is 0.146 e. The van der Waals surface area contributed by atoms with Gasteiger partial charge in [0, 0.05) is 7.05 Å². The van der Waals surface area contributed by atoms with Crippen LogP contribution in [0.1, 0.15) is 25.4 Å². The molecule has 12 heavy (non-hydrogen) atoms. The van der Waals surface area contributed by atoms with E-state index in [-0.39, 0.29) is 0 Å². The second-order valence-corrected chi connectivity index (χ2v) is 3.30. The largest absolute Gasteiger partial charge is 0.331 e. The van der Waals surface area contributed by atoms with Crippen molar-refractivity contribution in [3.05, 3.63) is 17.7 Å². The monoisotopic (exact) mass is 171 g/mol. The third kappa shape index (κ3) is 1.48. The van der Waals surface area contributed by atoms with Crippen molar-refractivity contribution in [2.45, 2.75) is 26.1 Å². The summed E-state index contributed by atoms with van der Waals surface area (Å²) in [5.74, 6) is 0.704. The van der Waals surface area contributed by atoms with Gasteiger partial charge in [-0.05, 0) is 13.8 Å². The van der Waals surface area contributed by atoms with Gasteiger partial charge in [0.05, 0.1) is 18.4 Å². The first-order valence-corrected chi connectivity index (χ1v) is 3.87. The van der Waals surface area contributed by atoms with Gasteiger partial charge in [0.25, 0.3) is 0 Å². The Hall–Kier alpha value is -0.900. The number of hydrogen-bond donors (Lipinski definition) is 1. The molecule has 0 aromatic carbocycles. The minimum absolute atomic E-state index is 0.340. The molecular formula is C8H14FN3. The van der Waals surface area contributed by atoms with Gasteiger partial charge < -0.3 is 10.3 Å². The summed E-state index contributed by atoms with van der Waals surface area (Å²) in [5, 5.41) is 0. The van der Waals surface area contributed by atoms with Crippen molar-refractivity contribution in [3.8, 4) is 0 Å². The van der Waals surface area contributed by atoms with Crippen LogP contribution >= 0.6 is 0 Å². The quantitative estimate of drug-likeness (QED) is 0.723. The van der Waals surface area contributed by atoms with Gasteiger partial charge in [-0.25, -0.2) is 9.37 Å². The first-order chi connectivity index (χ1) is 5.46. The molecule has 4 heteroatoms. The van der Waals surface area contributed by atoms with E-state index in [1.165, 1.54) is 20.0 Å². The molecule has 0 amide bonds. The van der Waals surface area contributed by atoms with E-state index >= 15 is 0 Å². The average molecular weight is 171 g/mol. The lowest BCUT2D eigenvalue weighted by atomic mass is 10.1. The normalized spacial score (nSPS) is 12.1. The van der Waals surface area contributed by atoms with E-state index in [4.69, 9.17) is 5.73 Å². The Morgan fingerprint density at radius 3 is 2.50 bits per heavy atom. The predicted molar refractivity (Wildman–Crippen MR) is 45.2 cm³/mol. The van der Waals surface area contributed by atoms with E-state index in [9.17, 15) is 4.39 Å². The highest BCUT2D eigenvalue weighted by atomic mass is 19.1. The molecule has 0 radical (unpaired) electrons. The van der Waals surface area contributed by atoms with Crippen molar-refractivity contribution in [1.29, 1.82) is 0 Å². The molecule has 2 N–H and O–H groups in total. The summed E-state index contributed by atoms with van der Waals surface area (Å²) in [5.41, 5.74) is 4.61. The predicted octanol–water partition coefficient (Wildman–Crippen LogP) is 1.08. The SMILES string of the molecule is Cn1c(C(C)(C)F)cnc1CN. The Morgan fingerprint density at radius 2 is 2.25 bits per heavy atom. The number of aromatic nitrogens is 2. The van der Waals surface area contributed by atoms with Gasteiger partial charge in [-0.2, -0.15) is 0 Å². The fourth-order valence-corrected chi connectivity index (χ4v) is 1.19.